The van der Waals surface area contributed by atoms with E-state index in [-0.39, 0.29) is 0 Å². The second-order valence-corrected chi connectivity index (χ2v) is 5.14. The molecule has 1 aromatic carbocycles. The Kier molecular flexibility index (Phi) is 4.96. The molecule has 120 valence electrons. The van der Waals surface area contributed by atoms with Crippen molar-refractivity contribution in [1.82, 2.24) is 0 Å². The summed E-state index contributed by atoms with van der Waals surface area (Å²) >= 11 is 0. The zero-order chi connectivity index (χ0) is 16.3. The van der Waals surface area contributed by atoms with Crippen LogP contribution >= 0.6 is 0 Å². The number of fused-ring (bicyclic) bond motifs is 1. The number of hydrogen-bond donors (Lipinski definition) is 0. The van der Waals surface area contributed by atoms with Gasteiger partial charge in [-0.3, -0.25) is 0 Å². The first-order valence-corrected chi connectivity index (χ1v) is 7.06. The van der Waals surface area contributed by atoms with Gasteiger partial charge in [0.2, 0.25) is 0 Å². The first-order chi connectivity index (χ1) is 10.4. The summed E-state index contributed by atoms with van der Waals surface area (Å²) in [7, 11) is 3.04. The fourth-order valence-corrected chi connectivity index (χ4v) is 2.80. The first kappa shape index (κ1) is 16.6. The number of benzene rings is 1. The minimum atomic E-state index is -4.36. The summed E-state index contributed by atoms with van der Waals surface area (Å²) in [5, 5.41) is 0. The van der Waals surface area contributed by atoms with Crippen LogP contribution in [0, 0.1) is 0 Å². The van der Waals surface area contributed by atoms with Crippen molar-refractivity contribution in [2.45, 2.75) is 31.5 Å². The van der Waals surface area contributed by atoms with Crippen LogP contribution in [-0.4, -0.2) is 14.2 Å². The molecule has 0 aliphatic heterocycles. The van der Waals surface area contributed by atoms with Gasteiger partial charge in [0.25, 0.3) is 0 Å². The van der Waals surface area contributed by atoms with Crippen LogP contribution in [0.5, 0.6) is 0 Å². The van der Waals surface area contributed by atoms with Crippen molar-refractivity contribution in [3.8, 4) is 0 Å². The monoisotopic (exact) mass is 312 g/mol. The van der Waals surface area contributed by atoms with Gasteiger partial charge >= 0.3 is 6.18 Å². The number of hydrogen-bond acceptors (Lipinski definition) is 2. The molecule has 0 N–H and O–H groups in total. The molecule has 0 spiro atoms. The van der Waals surface area contributed by atoms with E-state index in [2.05, 4.69) is 6.58 Å². The number of alkyl halides is 3. The lowest BCUT2D eigenvalue weighted by Gasteiger charge is -2.14. The van der Waals surface area contributed by atoms with Crippen molar-refractivity contribution in [2.75, 3.05) is 14.2 Å². The molecule has 1 aromatic rings. The van der Waals surface area contributed by atoms with Crippen LogP contribution < -0.4 is 0 Å². The number of allylic oxidation sites excluding steroid dienone is 2. The summed E-state index contributed by atoms with van der Waals surface area (Å²) in [5.41, 5.74) is 1.43. The Balaban J connectivity index is 2.47. The number of ether oxygens (including phenoxy) is 2. The normalized spacial score (nSPS) is 17.6. The molecule has 0 fully saturated rings. The second-order valence-electron chi connectivity index (χ2n) is 5.14. The van der Waals surface area contributed by atoms with E-state index in [9.17, 15) is 13.2 Å². The van der Waals surface area contributed by atoms with Crippen LogP contribution in [-0.2, 0) is 15.7 Å². The molecule has 2 rings (SSSR count). The van der Waals surface area contributed by atoms with Crippen molar-refractivity contribution in [1.29, 1.82) is 0 Å². The van der Waals surface area contributed by atoms with Crippen LogP contribution in [0.3, 0.4) is 0 Å². The molecule has 2 nitrogen and oxygen atoms in total. The zero-order valence-corrected chi connectivity index (χ0v) is 12.7. The third kappa shape index (κ3) is 3.04. The van der Waals surface area contributed by atoms with E-state index in [0.29, 0.717) is 17.7 Å². The molecule has 0 aromatic heterocycles. The summed E-state index contributed by atoms with van der Waals surface area (Å²) in [6.07, 6.45) is -0.781. The predicted molar refractivity (Wildman–Crippen MR) is 79.2 cm³/mol. The lowest BCUT2D eigenvalue weighted by atomic mass is 9.98. The molecular weight excluding hydrogens is 293 g/mol. The van der Waals surface area contributed by atoms with Gasteiger partial charge in [-0.05, 0) is 42.5 Å². The van der Waals surface area contributed by atoms with Crippen molar-refractivity contribution < 1.29 is 22.6 Å². The quantitative estimate of drug-likeness (QED) is 0.536. The van der Waals surface area contributed by atoms with E-state index in [0.717, 1.165) is 30.0 Å². The summed E-state index contributed by atoms with van der Waals surface area (Å²) in [5.74, 6) is 0.598. The SMILES string of the molecule is C=CCCCC1=C(OC)C(OC)c2ccc(C(F)(F)F)cc21. The topological polar surface area (TPSA) is 18.5 Å². The highest BCUT2D eigenvalue weighted by Crippen LogP contribution is 2.46. The largest absolute Gasteiger partial charge is 0.498 e. The highest BCUT2D eigenvalue weighted by Gasteiger charge is 2.36. The van der Waals surface area contributed by atoms with Crippen LogP contribution in [0.2, 0.25) is 0 Å². The third-order valence-corrected chi connectivity index (χ3v) is 3.81. The minimum absolute atomic E-state index is 0.444. The molecule has 0 saturated carbocycles. The number of unbranched alkanes of at least 4 members (excludes halogenated alkanes) is 1. The molecule has 0 bridgehead atoms. The van der Waals surface area contributed by atoms with Gasteiger partial charge in [0.05, 0.1) is 12.7 Å². The number of halogens is 3. The maximum absolute atomic E-state index is 13.0. The molecule has 1 atom stereocenters. The Hall–Kier alpha value is -1.75. The summed E-state index contributed by atoms with van der Waals surface area (Å²) < 4.78 is 49.7. The van der Waals surface area contributed by atoms with Crippen molar-refractivity contribution in [3.63, 3.8) is 0 Å². The number of methoxy groups -OCH3 is 2. The first-order valence-electron chi connectivity index (χ1n) is 7.06. The van der Waals surface area contributed by atoms with E-state index < -0.39 is 17.8 Å². The van der Waals surface area contributed by atoms with Gasteiger partial charge < -0.3 is 9.47 Å². The average molecular weight is 312 g/mol. The van der Waals surface area contributed by atoms with Gasteiger partial charge in [0.1, 0.15) is 11.9 Å². The van der Waals surface area contributed by atoms with Crippen molar-refractivity contribution in [3.05, 3.63) is 53.3 Å². The molecule has 0 amide bonds. The van der Waals surface area contributed by atoms with E-state index in [1.54, 1.807) is 6.08 Å². The van der Waals surface area contributed by atoms with Gasteiger partial charge in [0.15, 0.2) is 0 Å². The van der Waals surface area contributed by atoms with E-state index in [1.807, 2.05) is 0 Å². The Morgan fingerprint density at radius 2 is 2.00 bits per heavy atom. The highest BCUT2D eigenvalue weighted by atomic mass is 19.4. The molecule has 1 unspecified atom stereocenters. The van der Waals surface area contributed by atoms with Crippen molar-refractivity contribution in [2.24, 2.45) is 0 Å². The predicted octanol–water partition coefficient (Wildman–Crippen LogP) is 5.12. The van der Waals surface area contributed by atoms with Crippen LogP contribution in [0.4, 0.5) is 13.2 Å². The molecule has 5 heteroatoms. The molecular formula is C17H19F3O2. The maximum atomic E-state index is 13.0. The molecule has 0 radical (unpaired) electrons. The fraction of sp³-hybridized carbons (Fsp3) is 0.412. The van der Waals surface area contributed by atoms with Gasteiger partial charge in [0, 0.05) is 12.7 Å². The average Bonchev–Trinajstić information content (AvgIpc) is 2.79. The van der Waals surface area contributed by atoms with Gasteiger partial charge in [-0.25, -0.2) is 0 Å². The van der Waals surface area contributed by atoms with Crippen LogP contribution in [0.25, 0.3) is 5.57 Å². The molecule has 1 aliphatic rings. The lowest BCUT2D eigenvalue weighted by molar-refractivity contribution is -0.137. The molecule has 0 saturated heterocycles. The van der Waals surface area contributed by atoms with E-state index >= 15 is 0 Å². The van der Waals surface area contributed by atoms with E-state index in [1.165, 1.54) is 26.4 Å². The van der Waals surface area contributed by atoms with Crippen LogP contribution in [0.1, 0.15) is 42.1 Å². The van der Waals surface area contributed by atoms with Crippen LogP contribution in [0.15, 0.2) is 36.6 Å². The Bertz CT molecular complexity index is 588. The van der Waals surface area contributed by atoms with Crippen molar-refractivity contribution >= 4 is 5.57 Å². The lowest BCUT2D eigenvalue weighted by Crippen LogP contribution is -2.07. The maximum Gasteiger partial charge on any atom is 0.416 e. The molecule has 0 heterocycles. The van der Waals surface area contributed by atoms with Gasteiger partial charge in [-0.15, -0.1) is 6.58 Å². The fourth-order valence-electron chi connectivity index (χ4n) is 2.80. The summed E-state index contributed by atoms with van der Waals surface area (Å²) in [6.45, 7) is 3.67. The molecule has 1 aliphatic carbocycles. The molecule has 22 heavy (non-hydrogen) atoms. The number of rotatable bonds is 6. The third-order valence-electron chi connectivity index (χ3n) is 3.81. The Morgan fingerprint density at radius 3 is 2.55 bits per heavy atom. The standard InChI is InChI=1S/C17H19F3O2/c1-4-5-6-7-12-14-10-11(17(18,19)20)8-9-13(14)16(22-3)15(12)21-2/h4,8-10,16H,1,5-7H2,2-3H3. The summed E-state index contributed by atoms with van der Waals surface area (Å²) in [4.78, 5) is 0. The Labute approximate surface area is 128 Å². The Morgan fingerprint density at radius 1 is 1.27 bits per heavy atom. The minimum Gasteiger partial charge on any atom is -0.498 e. The smallest absolute Gasteiger partial charge is 0.416 e. The van der Waals surface area contributed by atoms with Gasteiger partial charge in [-0.2, -0.15) is 13.2 Å². The second kappa shape index (κ2) is 6.57. The zero-order valence-electron chi connectivity index (χ0n) is 12.7. The van der Waals surface area contributed by atoms with E-state index in [4.69, 9.17) is 9.47 Å². The summed E-state index contributed by atoms with van der Waals surface area (Å²) in [6, 6.07) is 3.76. The van der Waals surface area contributed by atoms with Gasteiger partial charge in [-0.1, -0.05) is 12.1 Å². The highest BCUT2D eigenvalue weighted by molar-refractivity contribution is 5.77.